The Bertz CT molecular complexity index is 551. The van der Waals surface area contributed by atoms with E-state index in [1.54, 1.807) is 43.4 Å². The van der Waals surface area contributed by atoms with Gasteiger partial charge in [0.2, 0.25) is 0 Å². The number of halogens is 1. The Morgan fingerprint density at radius 3 is 2.44 bits per heavy atom. The Hall–Kier alpha value is -2.07. The maximum atomic E-state index is 12.2. The number of benzene rings is 1. The highest BCUT2D eigenvalue weighted by molar-refractivity contribution is 6.30. The molecule has 2 rings (SSSR count). The summed E-state index contributed by atoms with van der Waals surface area (Å²) in [6, 6.07) is 10.1. The van der Waals surface area contributed by atoms with Crippen molar-refractivity contribution in [1.29, 1.82) is 0 Å². The third-order valence-electron chi connectivity index (χ3n) is 2.51. The molecule has 18 heavy (non-hydrogen) atoms. The molecule has 5 heteroatoms. The lowest BCUT2D eigenvalue weighted by Gasteiger charge is -2.16. The average molecular weight is 262 g/mol. The zero-order chi connectivity index (χ0) is 13.1. The fourth-order valence-electron chi connectivity index (χ4n) is 1.49. The average Bonchev–Trinajstić information content (AvgIpc) is 2.39. The molecule has 4 nitrogen and oxygen atoms in total. The van der Waals surface area contributed by atoms with Crippen LogP contribution in [0.15, 0.2) is 42.6 Å². The Morgan fingerprint density at radius 2 is 1.89 bits per heavy atom. The first-order valence-corrected chi connectivity index (χ1v) is 5.71. The highest BCUT2D eigenvalue weighted by Gasteiger charge is 2.13. The summed E-state index contributed by atoms with van der Waals surface area (Å²) in [5.74, 6) is 0.396. The van der Waals surface area contributed by atoms with Crippen LogP contribution in [0.1, 0.15) is 10.4 Å². The van der Waals surface area contributed by atoms with Gasteiger partial charge in [-0.05, 0) is 36.4 Å². The number of hydrogen-bond donors (Lipinski definition) is 1. The SMILES string of the molecule is CN(C(=O)c1ccc(Cl)cc1)c1ccc(N)cn1. The molecular formula is C13H12ClN3O. The lowest BCUT2D eigenvalue weighted by molar-refractivity contribution is 0.0992. The molecule has 1 heterocycles. The third kappa shape index (κ3) is 2.60. The highest BCUT2D eigenvalue weighted by Crippen LogP contribution is 2.15. The number of nitrogens with two attached hydrogens (primary N) is 1. The smallest absolute Gasteiger partial charge is 0.259 e. The first-order valence-electron chi connectivity index (χ1n) is 5.33. The van der Waals surface area contributed by atoms with Crippen molar-refractivity contribution in [2.75, 3.05) is 17.7 Å². The largest absolute Gasteiger partial charge is 0.397 e. The first-order chi connectivity index (χ1) is 8.58. The number of hydrogen-bond acceptors (Lipinski definition) is 3. The van der Waals surface area contributed by atoms with E-state index in [1.807, 2.05) is 0 Å². The van der Waals surface area contributed by atoms with E-state index >= 15 is 0 Å². The molecule has 0 radical (unpaired) electrons. The molecule has 0 aliphatic rings. The fraction of sp³-hybridized carbons (Fsp3) is 0.0769. The molecule has 0 atom stereocenters. The molecule has 2 N–H and O–H groups in total. The molecule has 0 aliphatic heterocycles. The molecule has 2 aromatic rings. The van der Waals surface area contributed by atoms with Crippen LogP contribution >= 0.6 is 11.6 Å². The number of anilines is 2. The Kier molecular flexibility index (Phi) is 3.48. The summed E-state index contributed by atoms with van der Waals surface area (Å²) in [6.07, 6.45) is 1.51. The molecule has 92 valence electrons. The first kappa shape index (κ1) is 12.4. The van der Waals surface area contributed by atoms with Crippen molar-refractivity contribution in [1.82, 2.24) is 4.98 Å². The van der Waals surface area contributed by atoms with E-state index in [0.29, 0.717) is 22.1 Å². The maximum Gasteiger partial charge on any atom is 0.259 e. The second-order valence-corrected chi connectivity index (χ2v) is 4.26. The molecule has 1 aromatic carbocycles. The van der Waals surface area contributed by atoms with Crippen LogP contribution in [-0.2, 0) is 0 Å². The highest BCUT2D eigenvalue weighted by atomic mass is 35.5. The van der Waals surface area contributed by atoms with Crippen LogP contribution in [0.4, 0.5) is 11.5 Å². The van der Waals surface area contributed by atoms with Gasteiger partial charge in [-0.25, -0.2) is 4.98 Å². The Balaban J connectivity index is 2.23. The predicted octanol–water partition coefficient (Wildman–Crippen LogP) is 2.59. The minimum Gasteiger partial charge on any atom is -0.397 e. The molecule has 0 fully saturated rings. The van der Waals surface area contributed by atoms with Crippen LogP contribution in [-0.4, -0.2) is 17.9 Å². The van der Waals surface area contributed by atoms with Gasteiger partial charge in [0.15, 0.2) is 0 Å². The van der Waals surface area contributed by atoms with Crippen molar-refractivity contribution in [2.24, 2.45) is 0 Å². The topological polar surface area (TPSA) is 59.2 Å². The lowest BCUT2D eigenvalue weighted by atomic mass is 10.2. The summed E-state index contributed by atoms with van der Waals surface area (Å²) in [5.41, 5.74) is 6.67. The summed E-state index contributed by atoms with van der Waals surface area (Å²) in [6.45, 7) is 0. The summed E-state index contributed by atoms with van der Waals surface area (Å²) in [5, 5.41) is 0.597. The van der Waals surface area contributed by atoms with Gasteiger partial charge < -0.3 is 5.73 Å². The van der Waals surface area contributed by atoms with E-state index in [9.17, 15) is 4.79 Å². The molecule has 0 aliphatic carbocycles. The molecule has 0 saturated carbocycles. The van der Waals surface area contributed by atoms with Gasteiger partial charge in [0, 0.05) is 17.6 Å². The van der Waals surface area contributed by atoms with Crippen LogP contribution in [0, 0.1) is 0 Å². The second kappa shape index (κ2) is 5.06. The zero-order valence-electron chi connectivity index (χ0n) is 9.80. The van der Waals surface area contributed by atoms with Crippen LogP contribution in [0.25, 0.3) is 0 Å². The number of amides is 1. The van der Waals surface area contributed by atoms with Crippen LogP contribution < -0.4 is 10.6 Å². The number of carbonyl (C=O) groups is 1. The van der Waals surface area contributed by atoms with Crippen LogP contribution in [0.5, 0.6) is 0 Å². The van der Waals surface area contributed by atoms with Gasteiger partial charge in [-0.2, -0.15) is 0 Å². The van der Waals surface area contributed by atoms with E-state index in [0.717, 1.165) is 0 Å². The van der Waals surface area contributed by atoms with Gasteiger partial charge in [0.25, 0.3) is 5.91 Å². The number of nitrogen functional groups attached to an aromatic ring is 1. The van der Waals surface area contributed by atoms with Gasteiger partial charge in [-0.15, -0.1) is 0 Å². The van der Waals surface area contributed by atoms with Crippen molar-refractivity contribution in [3.05, 3.63) is 53.2 Å². The van der Waals surface area contributed by atoms with Crippen molar-refractivity contribution in [3.63, 3.8) is 0 Å². The molecule has 0 saturated heterocycles. The van der Waals surface area contributed by atoms with Crippen molar-refractivity contribution in [2.45, 2.75) is 0 Å². The fourth-order valence-corrected chi connectivity index (χ4v) is 1.61. The molecule has 0 unspecified atom stereocenters. The number of rotatable bonds is 2. The molecular weight excluding hydrogens is 250 g/mol. The van der Waals surface area contributed by atoms with Gasteiger partial charge in [-0.3, -0.25) is 9.69 Å². The lowest BCUT2D eigenvalue weighted by Crippen LogP contribution is -2.26. The van der Waals surface area contributed by atoms with Gasteiger partial charge in [0.05, 0.1) is 11.9 Å². The van der Waals surface area contributed by atoms with E-state index in [4.69, 9.17) is 17.3 Å². The van der Waals surface area contributed by atoms with Gasteiger partial charge in [0.1, 0.15) is 5.82 Å². The maximum absolute atomic E-state index is 12.2. The van der Waals surface area contributed by atoms with E-state index in [2.05, 4.69) is 4.98 Å². The number of carbonyl (C=O) groups excluding carboxylic acids is 1. The van der Waals surface area contributed by atoms with E-state index in [1.165, 1.54) is 11.1 Å². The van der Waals surface area contributed by atoms with E-state index in [-0.39, 0.29) is 5.91 Å². The Morgan fingerprint density at radius 1 is 1.22 bits per heavy atom. The number of pyridine rings is 1. The van der Waals surface area contributed by atoms with Crippen molar-refractivity contribution in [3.8, 4) is 0 Å². The van der Waals surface area contributed by atoms with E-state index < -0.39 is 0 Å². The third-order valence-corrected chi connectivity index (χ3v) is 2.76. The zero-order valence-corrected chi connectivity index (χ0v) is 10.6. The van der Waals surface area contributed by atoms with Gasteiger partial charge in [-0.1, -0.05) is 11.6 Å². The standard InChI is InChI=1S/C13H12ClN3O/c1-17(12-7-6-11(15)8-16-12)13(18)9-2-4-10(14)5-3-9/h2-8H,15H2,1H3. The Labute approximate surface area is 110 Å². The molecule has 1 aromatic heterocycles. The van der Waals surface area contributed by atoms with Crippen LogP contribution in [0.3, 0.4) is 0 Å². The van der Waals surface area contributed by atoms with Crippen molar-refractivity contribution < 1.29 is 4.79 Å². The predicted molar refractivity (Wildman–Crippen MR) is 72.8 cm³/mol. The van der Waals surface area contributed by atoms with Gasteiger partial charge >= 0.3 is 0 Å². The monoisotopic (exact) mass is 261 g/mol. The summed E-state index contributed by atoms with van der Waals surface area (Å²) in [4.78, 5) is 17.7. The summed E-state index contributed by atoms with van der Waals surface area (Å²) in [7, 11) is 1.66. The van der Waals surface area contributed by atoms with Crippen molar-refractivity contribution >= 4 is 29.0 Å². The van der Waals surface area contributed by atoms with Crippen LogP contribution in [0.2, 0.25) is 5.02 Å². The molecule has 0 bridgehead atoms. The molecule has 1 amide bonds. The second-order valence-electron chi connectivity index (χ2n) is 3.82. The normalized spacial score (nSPS) is 10.1. The summed E-state index contributed by atoms with van der Waals surface area (Å²) < 4.78 is 0. The molecule has 0 spiro atoms. The minimum atomic E-state index is -0.149. The quantitative estimate of drug-likeness (QED) is 0.904. The number of aromatic nitrogens is 1. The minimum absolute atomic E-state index is 0.149. The summed E-state index contributed by atoms with van der Waals surface area (Å²) >= 11 is 5.78. The number of nitrogens with zero attached hydrogens (tertiary/aromatic N) is 2.